The second-order valence-corrected chi connectivity index (χ2v) is 0.567. The molecule has 0 saturated carbocycles. The Bertz CT molecular complexity index is 14.9. The molecule has 516 valence electrons. The molecular weight excluding hydrogens is 807 g/mol. The quantitative estimate of drug-likeness (QED) is 0.212. The van der Waals surface area contributed by atoms with Crippen molar-refractivity contribution in [3.63, 3.8) is 0 Å². The van der Waals surface area contributed by atoms with Gasteiger partial charge < -0.3 is 0 Å². The first-order chi connectivity index (χ1) is 1.41. The third kappa shape index (κ3) is 1930000. The van der Waals surface area contributed by atoms with Gasteiger partial charge in [-0.1, -0.05) is 460 Å². The van der Waals surface area contributed by atoms with Gasteiger partial charge in [-0.2, -0.15) is 0 Å². The smallest absolute Gasteiger partial charge is 0.0639 e. The van der Waals surface area contributed by atoms with Crippen molar-refractivity contribution < 1.29 is 4.20 Å². The van der Waals surface area contributed by atoms with Crippen molar-refractivity contribution in [3.8, 4) is 0 Å². The molecule has 0 aromatic carbocycles. The fourth-order valence-corrected chi connectivity index (χ4v) is 0. The molecule has 0 N–H and O–H groups in total. The highest BCUT2D eigenvalue weighted by atomic mass is 31.1. The second kappa shape index (κ2) is 140000. The molecule has 0 aliphatic heterocycles. The summed E-state index contributed by atoms with van der Waals surface area (Å²) < 4.78 is 10.3. The number of hydrogen-bond acceptors (Lipinski definition) is 0. The van der Waals surface area contributed by atoms with Gasteiger partial charge in [0.25, 0.3) is 0 Å². The Balaban J connectivity index is -0.0000000000106. The second-order valence-electron chi connectivity index (χ2n) is 0.189. The molecule has 0 bridgehead atoms. The Hall–Kier alpha value is 0.360. The van der Waals surface area contributed by atoms with E-state index in [4.69, 9.17) is 0 Å². The normalized spacial score (nSPS) is 0.462. The van der Waals surface area contributed by atoms with E-state index in [1.54, 1.807) is 0 Å². The Morgan fingerprint density at radius 2 is 0.108 bits per heavy atom. The summed E-state index contributed by atoms with van der Waals surface area (Å²) in [5.41, 5.74) is 0. The van der Waals surface area contributed by atoms with Crippen LogP contribution in [0.25, 0.3) is 0 Å². The van der Waals surface area contributed by atoms with Crippen LogP contribution in [0.2, 0.25) is 0 Å². The van der Waals surface area contributed by atoms with E-state index in [1.165, 1.54) is 6.66 Å². The molecule has 0 heterocycles. The Morgan fingerprint density at radius 3 is 0.108 bits per heavy atom. The lowest BCUT2D eigenvalue weighted by atomic mass is 12.0. The van der Waals surface area contributed by atoms with E-state index in [0.717, 1.165) is 0 Å². The average molecular weight is 1060 g/mol. The third-order valence-electron chi connectivity index (χ3n) is 0. The van der Waals surface area contributed by atoms with E-state index >= 15 is 0 Å². The summed E-state index contributed by atoms with van der Waals surface area (Å²) >= 11 is 0. The molecule has 0 fully saturated rings. The average Bonchev–Trinajstić information content (AvgIpc) is 0.918. The topological polar surface area (TPSA) is 0 Å². The summed E-state index contributed by atoms with van der Waals surface area (Å²) in [6, 6.07) is 0. The summed E-state index contributed by atoms with van der Waals surface area (Å²) in [5.74, 6) is 0. The van der Waals surface area contributed by atoms with E-state index < -0.39 is 8.89 Å². The summed E-state index contributed by atoms with van der Waals surface area (Å²) in [7, 11) is -0.417. The molecule has 0 saturated heterocycles. The van der Waals surface area contributed by atoms with Crippen molar-refractivity contribution in [2.45, 2.75) is 460 Å². The van der Waals surface area contributed by atoms with Gasteiger partial charge in [-0.25, -0.2) is 4.20 Å². The van der Waals surface area contributed by atoms with Crippen molar-refractivity contribution in [1.82, 2.24) is 0 Å². The molecule has 0 aromatic heterocycles. The van der Waals surface area contributed by atoms with Crippen molar-refractivity contribution in [3.05, 3.63) is 0 Å². The molecule has 0 rings (SSSR count). The van der Waals surface area contributed by atoms with E-state index in [-0.39, 0.29) is 460 Å². The van der Waals surface area contributed by atoms with Crippen LogP contribution in [0.5, 0.6) is 0 Å². The highest BCUT2D eigenvalue weighted by molar-refractivity contribution is 7.30. The fraction of sp³-hybridized carbons (Fsp3) is 1.00. The van der Waals surface area contributed by atoms with Gasteiger partial charge in [-0.05, 0) is 6.66 Å². The molecule has 65 heavy (non-hydrogen) atoms. The predicted molar refractivity (Wildman–Crippen MR) is 433 cm³/mol. The van der Waals surface area contributed by atoms with Crippen LogP contribution in [-0.4, -0.2) is 6.66 Å². The van der Waals surface area contributed by atoms with Gasteiger partial charge in [0.05, 0.1) is 8.89 Å². The van der Waals surface area contributed by atoms with Crippen LogP contribution >= 0.6 is 8.89 Å². The first-order valence-electron chi connectivity index (χ1n) is 0.689. The van der Waals surface area contributed by atoms with E-state index in [1.807, 2.05) is 0 Å². The molecule has 1 atom stereocenters. The minimum absolute atomic E-state index is 0. The zero-order valence-corrected chi connectivity index (χ0v) is 2.88. The minimum Gasteiger partial charge on any atom is -0.231 e. The molecule has 0 amide bonds. The maximum Gasteiger partial charge on any atom is 0.0639 e. The van der Waals surface area contributed by atoms with Crippen LogP contribution < -0.4 is 0 Å². The highest BCUT2D eigenvalue weighted by Gasteiger charge is 1.39. The lowest BCUT2D eigenvalue weighted by Crippen LogP contribution is -1.03. The zero-order valence-electron chi connectivity index (χ0n) is 1.88. The Morgan fingerprint density at radius 1 is 0.108 bits per heavy atom. The first kappa shape index (κ1) is 48600. The van der Waals surface area contributed by atoms with Gasteiger partial charge >= 0.3 is 0 Å². The van der Waals surface area contributed by atoms with Gasteiger partial charge in [0.15, 0.2) is 0 Å². The molecule has 0 aliphatic rings. The lowest BCUT2D eigenvalue weighted by molar-refractivity contribution is 0.925. The van der Waals surface area contributed by atoms with Crippen LogP contribution in [0.4, 0.5) is 4.20 Å². The zero-order chi connectivity index (χ0) is 2.71. The summed E-state index contributed by atoms with van der Waals surface area (Å²) in [5, 5.41) is 0. The third-order valence-corrected chi connectivity index (χ3v) is 0. The van der Waals surface area contributed by atoms with Crippen molar-refractivity contribution >= 4 is 8.89 Å². The largest absolute Gasteiger partial charge is 0.231 e. The SMILES string of the molecule is C.C.C.C.C.C.C.C.C.C.C.C.C.C.C.C.C.C.C.C.C.C.C.C.C.C.C.C.C.C.C.C.C.C.C.C.C.C.C.C.C.C.C.C.C.C.C.C.C.C.C.C.C.C.C.C.C.C.C.C.C.C.CPF. The minimum atomic E-state index is -0.417. The first-order valence-corrected chi connectivity index (χ1v) is 2.07. The molecule has 0 nitrogen and oxygen atoms in total. The summed E-state index contributed by atoms with van der Waals surface area (Å²) in [6.45, 7) is 1.49. The Labute approximate surface area is 478 Å². The summed E-state index contributed by atoms with van der Waals surface area (Å²) in [4.78, 5) is 0. The monoisotopic (exact) mass is 1060 g/mol. The molecule has 0 spiro atoms. The lowest BCUT2D eigenvalue weighted by Gasteiger charge is -1.45. The fourth-order valence-electron chi connectivity index (χ4n) is 0. The van der Waals surface area contributed by atoms with Gasteiger partial charge in [0, 0.05) is 0 Å². The van der Waals surface area contributed by atoms with Crippen molar-refractivity contribution in [2.24, 2.45) is 0 Å². The molecule has 0 aromatic rings. The van der Waals surface area contributed by atoms with Crippen molar-refractivity contribution in [2.75, 3.05) is 6.66 Å². The van der Waals surface area contributed by atoms with E-state index in [9.17, 15) is 4.20 Å². The van der Waals surface area contributed by atoms with E-state index in [0.29, 0.717) is 0 Å². The molecular formula is C63H252FP. The number of rotatable bonds is 0. The number of hydrogen-bond donors (Lipinski definition) is 0. The molecule has 0 aliphatic carbocycles. The van der Waals surface area contributed by atoms with Crippen molar-refractivity contribution in [1.29, 1.82) is 0 Å². The van der Waals surface area contributed by atoms with Crippen LogP contribution in [0.1, 0.15) is 460 Å². The summed E-state index contributed by atoms with van der Waals surface area (Å²) in [6.07, 6.45) is 0. The highest BCUT2D eigenvalue weighted by Crippen LogP contribution is 1.97. The van der Waals surface area contributed by atoms with Crippen LogP contribution in [0, 0.1) is 0 Å². The maximum atomic E-state index is 10.3. The maximum absolute atomic E-state index is 10.3. The van der Waals surface area contributed by atoms with Gasteiger partial charge in [-0.3, -0.25) is 0 Å². The van der Waals surface area contributed by atoms with Gasteiger partial charge in [-0.15, -0.1) is 0 Å². The van der Waals surface area contributed by atoms with Crippen LogP contribution in [0.15, 0.2) is 0 Å². The molecule has 0 radical (unpaired) electrons. The standard InChI is InChI=1S/CH4FP.62CH4/c1-3-2;;;;;;;;;;;;;;;;;;;;;;;;;;;;;;;;;;;;;;;;;;;;;;;;;;;;;;;;;;;;;;/h3H,1H3;62*1H4. The molecule has 2 heteroatoms. The predicted octanol–water partition coefficient (Wildman–Crippen LogP) is 40.6. The van der Waals surface area contributed by atoms with Gasteiger partial charge in [0.2, 0.25) is 0 Å². The molecule has 1 unspecified atom stereocenters. The van der Waals surface area contributed by atoms with Crippen LogP contribution in [0.3, 0.4) is 0 Å². The van der Waals surface area contributed by atoms with E-state index in [2.05, 4.69) is 0 Å². The van der Waals surface area contributed by atoms with Crippen LogP contribution in [-0.2, 0) is 0 Å². The van der Waals surface area contributed by atoms with Gasteiger partial charge in [0.1, 0.15) is 0 Å². The Kier molecular flexibility index (Phi) is 104000000. The number of halogens is 1.